The SMILES string of the molecule is CC(C)OC1CCCCC12CO[C@H]2C. The van der Waals surface area contributed by atoms with E-state index in [2.05, 4.69) is 20.8 Å². The van der Waals surface area contributed by atoms with E-state index in [1.165, 1.54) is 25.7 Å². The molecule has 1 saturated carbocycles. The lowest BCUT2D eigenvalue weighted by Gasteiger charge is -2.54. The normalized spacial score (nSPS) is 42.9. The number of hydrogen-bond acceptors (Lipinski definition) is 2. The van der Waals surface area contributed by atoms with Crippen molar-refractivity contribution in [2.75, 3.05) is 6.61 Å². The van der Waals surface area contributed by atoms with Gasteiger partial charge in [-0.1, -0.05) is 12.8 Å². The van der Waals surface area contributed by atoms with Crippen molar-refractivity contribution >= 4 is 0 Å². The highest BCUT2D eigenvalue weighted by Gasteiger charge is 2.53. The Labute approximate surface area is 87.0 Å². The Balaban J connectivity index is 2.04. The molecule has 2 aliphatic rings. The summed E-state index contributed by atoms with van der Waals surface area (Å²) in [6.07, 6.45) is 6.41. The maximum absolute atomic E-state index is 6.04. The van der Waals surface area contributed by atoms with Crippen LogP contribution in [0.3, 0.4) is 0 Å². The minimum atomic E-state index is 0.350. The Morgan fingerprint density at radius 2 is 2.14 bits per heavy atom. The first-order valence-electron chi connectivity index (χ1n) is 5.92. The lowest BCUT2D eigenvalue weighted by molar-refractivity contribution is -0.254. The van der Waals surface area contributed by atoms with Gasteiger partial charge >= 0.3 is 0 Å². The fraction of sp³-hybridized carbons (Fsp3) is 1.00. The summed E-state index contributed by atoms with van der Waals surface area (Å²) in [4.78, 5) is 0. The lowest BCUT2D eigenvalue weighted by atomic mass is 9.66. The van der Waals surface area contributed by atoms with E-state index in [4.69, 9.17) is 9.47 Å². The molecule has 1 aliphatic carbocycles. The van der Waals surface area contributed by atoms with Crippen molar-refractivity contribution in [1.29, 1.82) is 0 Å². The molecule has 2 fully saturated rings. The van der Waals surface area contributed by atoms with E-state index in [1.54, 1.807) is 0 Å². The van der Waals surface area contributed by atoms with Gasteiger partial charge in [0.05, 0.1) is 24.9 Å². The van der Waals surface area contributed by atoms with Crippen LogP contribution in [0.1, 0.15) is 46.5 Å². The maximum Gasteiger partial charge on any atom is 0.0681 e. The van der Waals surface area contributed by atoms with E-state index in [0.29, 0.717) is 23.7 Å². The molecule has 14 heavy (non-hydrogen) atoms. The van der Waals surface area contributed by atoms with E-state index in [0.717, 1.165) is 6.61 Å². The van der Waals surface area contributed by atoms with Crippen LogP contribution < -0.4 is 0 Å². The van der Waals surface area contributed by atoms with Crippen molar-refractivity contribution in [3.05, 3.63) is 0 Å². The highest BCUT2D eigenvalue weighted by Crippen LogP contribution is 2.48. The van der Waals surface area contributed by atoms with Crippen LogP contribution in [-0.4, -0.2) is 24.9 Å². The summed E-state index contributed by atoms with van der Waals surface area (Å²) in [5.74, 6) is 0. The molecule has 1 heterocycles. The molecule has 0 aromatic heterocycles. The molecule has 1 spiro atoms. The van der Waals surface area contributed by atoms with Crippen molar-refractivity contribution in [2.24, 2.45) is 5.41 Å². The summed E-state index contributed by atoms with van der Waals surface area (Å²) >= 11 is 0. The summed E-state index contributed by atoms with van der Waals surface area (Å²) in [5.41, 5.74) is 0.364. The second kappa shape index (κ2) is 3.82. The summed E-state index contributed by atoms with van der Waals surface area (Å²) in [6, 6.07) is 0. The molecule has 2 unspecified atom stereocenters. The highest BCUT2D eigenvalue weighted by atomic mass is 16.5. The molecule has 0 N–H and O–H groups in total. The first-order valence-corrected chi connectivity index (χ1v) is 5.92. The smallest absolute Gasteiger partial charge is 0.0681 e. The van der Waals surface area contributed by atoms with Gasteiger partial charge in [-0.3, -0.25) is 0 Å². The van der Waals surface area contributed by atoms with Crippen molar-refractivity contribution in [1.82, 2.24) is 0 Å². The Bertz CT molecular complexity index is 202. The molecule has 0 bridgehead atoms. The molecule has 0 radical (unpaired) electrons. The molecule has 1 saturated heterocycles. The zero-order valence-corrected chi connectivity index (χ0v) is 9.58. The zero-order chi connectivity index (χ0) is 10.2. The molecule has 0 aromatic rings. The van der Waals surface area contributed by atoms with Crippen molar-refractivity contribution < 1.29 is 9.47 Å². The first-order chi connectivity index (χ1) is 6.65. The third-order valence-electron chi connectivity index (χ3n) is 3.85. The van der Waals surface area contributed by atoms with Crippen LogP contribution in [-0.2, 0) is 9.47 Å². The van der Waals surface area contributed by atoms with E-state index in [1.807, 2.05) is 0 Å². The summed E-state index contributed by atoms with van der Waals surface area (Å²) in [6.45, 7) is 7.38. The van der Waals surface area contributed by atoms with Crippen LogP contribution in [0.15, 0.2) is 0 Å². The van der Waals surface area contributed by atoms with Gasteiger partial charge < -0.3 is 9.47 Å². The average molecular weight is 198 g/mol. The van der Waals surface area contributed by atoms with Gasteiger partial charge in [0.25, 0.3) is 0 Å². The van der Waals surface area contributed by atoms with E-state index in [9.17, 15) is 0 Å². The van der Waals surface area contributed by atoms with Gasteiger partial charge in [-0.2, -0.15) is 0 Å². The van der Waals surface area contributed by atoms with Crippen LogP contribution in [0.4, 0.5) is 0 Å². The van der Waals surface area contributed by atoms with Gasteiger partial charge in [0.1, 0.15) is 0 Å². The largest absolute Gasteiger partial charge is 0.377 e. The summed E-state index contributed by atoms with van der Waals surface area (Å²) in [5, 5.41) is 0. The molecule has 0 aromatic carbocycles. The lowest BCUT2D eigenvalue weighted by Crippen LogP contribution is -2.59. The van der Waals surface area contributed by atoms with Crippen molar-refractivity contribution in [3.63, 3.8) is 0 Å². The average Bonchev–Trinajstić information content (AvgIpc) is 2.15. The molecule has 0 amide bonds. The fourth-order valence-electron chi connectivity index (χ4n) is 2.86. The maximum atomic E-state index is 6.04. The van der Waals surface area contributed by atoms with Crippen LogP contribution in [0.5, 0.6) is 0 Å². The quantitative estimate of drug-likeness (QED) is 0.679. The Kier molecular flexibility index (Phi) is 2.85. The molecule has 3 atom stereocenters. The number of hydrogen-bond donors (Lipinski definition) is 0. The summed E-state index contributed by atoms with van der Waals surface area (Å²) < 4.78 is 11.6. The molecule has 2 nitrogen and oxygen atoms in total. The second-order valence-electron chi connectivity index (χ2n) is 5.11. The molecular weight excluding hydrogens is 176 g/mol. The van der Waals surface area contributed by atoms with Gasteiger partial charge in [0.15, 0.2) is 0 Å². The van der Waals surface area contributed by atoms with Crippen LogP contribution >= 0.6 is 0 Å². The van der Waals surface area contributed by atoms with Crippen LogP contribution in [0.25, 0.3) is 0 Å². The predicted molar refractivity (Wildman–Crippen MR) is 56.3 cm³/mol. The monoisotopic (exact) mass is 198 g/mol. The highest BCUT2D eigenvalue weighted by molar-refractivity contribution is 5.00. The fourth-order valence-corrected chi connectivity index (χ4v) is 2.86. The third kappa shape index (κ3) is 1.59. The Morgan fingerprint density at radius 1 is 1.36 bits per heavy atom. The van der Waals surface area contributed by atoms with Crippen molar-refractivity contribution in [2.45, 2.75) is 64.8 Å². The minimum absolute atomic E-state index is 0.350. The molecule has 2 heteroatoms. The summed E-state index contributed by atoms with van der Waals surface area (Å²) in [7, 11) is 0. The topological polar surface area (TPSA) is 18.5 Å². The van der Waals surface area contributed by atoms with Gasteiger partial charge in [-0.05, 0) is 33.6 Å². The molecule has 82 valence electrons. The minimum Gasteiger partial charge on any atom is -0.377 e. The van der Waals surface area contributed by atoms with Crippen molar-refractivity contribution in [3.8, 4) is 0 Å². The molecule has 1 aliphatic heterocycles. The zero-order valence-electron chi connectivity index (χ0n) is 9.58. The van der Waals surface area contributed by atoms with E-state index >= 15 is 0 Å². The standard InChI is InChI=1S/C12H22O2/c1-9(2)14-11-6-4-5-7-12(11)8-13-10(12)3/h9-11H,4-8H2,1-3H3/t10-,11?,12?/m0/s1. The van der Waals surface area contributed by atoms with E-state index in [-0.39, 0.29) is 0 Å². The number of ether oxygens (including phenoxy) is 2. The van der Waals surface area contributed by atoms with Gasteiger partial charge in [0, 0.05) is 5.41 Å². The third-order valence-corrected chi connectivity index (χ3v) is 3.85. The predicted octanol–water partition coefficient (Wildman–Crippen LogP) is 2.76. The van der Waals surface area contributed by atoms with Gasteiger partial charge in [-0.15, -0.1) is 0 Å². The van der Waals surface area contributed by atoms with E-state index < -0.39 is 0 Å². The Morgan fingerprint density at radius 3 is 2.64 bits per heavy atom. The van der Waals surface area contributed by atoms with Crippen LogP contribution in [0, 0.1) is 5.41 Å². The second-order valence-corrected chi connectivity index (χ2v) is 5.11. The van der Waals surface area contributed by atoms with Crippen LogP contribution in [0.2, 0.25) is 0 Å². The molecular formula is C12H22O2. The van der Waals surface area contributed by atoms with Gasteiger partial charge in [-0.25, -0.2) is 0 Å². The Hall–Kier alpha value is -0.0800. The van der Waals surface area contributed by atoms with Gasteiger partial charge in [0.2, 0.25) is 0 Å². The molecule has 2 rings (SSSR count). The first kappa shape index (κ1) is 10.4. The number of rotatable bonds is 2.